The Balaban J connectivity index is 1.80. The van der Waals surface area contributed by atoms with Crippen molar-refractivity contribution < 1.29 is 9.53 Å². The van der Waals surface area contributed by atoms with Gasteiger partial charge in [0, 0.05) is 17.6 Å². The van der Waals surface area contributed by atoms with Crippen LogP contribution < -0.4 is 15.4 Å². The molecule has 0 spiro atoms. The molecule has 6 nitrogen and oxygen atoms in total. The summed E-state index contributed by atoms with van der Waals surface area (Å²) >= 11 is 0. The van der Waals surface area contributed by atoms with Gasteiger partial charge in [-0.3, -0.25) is 4.79 Å². The van der Waals surface area contributed by atoms with E-state index in [1.807, 2.05) is 19.1 Å². The molecule has 2 aromatic carbocycles. The average Bonchev–Trinajstić information content (AvgIpc) is 2.70. The third kappa shape index (κ3) is 4.46. The van der Waals surface area contributed by atoms with E-state index < -0.39 is 0 Å². The second-order valence-corrected chi connectivity index (χ2v) is 6.77. The number of hydrogen-bond donors (Lipinski definition) is 2. The van der Waals surface area contributed by atoms with Gasteiger partial charge in [0.15, 0.2) is 0 Å². The molecule has 0 saturated heterocycles. The Morgan fingerprint density at radius 1 is 1.07 bits per heavy atom. The minimum absolute atomic E-state index is 0.285. The number of nitrogens with one attached hydrogen (secondary N) is 2. The number of nitrogens with zero attached hydrogens (tertiary/aromatic N) is 2. The molecule has 0 unspecified atom stereocenters. The first-order valence-electron chi connectivity index (χ1n) is 9.13. The number of para-hydroxylation sites is 1. The van der Waals surface area contributed by atoms with Crippen LogP contribution in [0.5, 0.6) is 5.75 Å². The van der Waals surface area contributed by atoms with E-state index in [-0.39, 0.29) is 11.6 Å². The van der Waals surface area contributed by atoms with Crippen LogP contribution >= 0.6 is 0 Å². The molecular formula is C22H24N4O2. The summed E-state index contributed by atoms with van der Waals surface area (Å²) < 4.78 is 5.13. The topological polar surface area (TPSA) is 76.1 Å². The summed E-state index contributed by atoms with van der Waals surface area (Å²) in [6.45, 7) is 6.31. The Hall–Kier alpha value is -3.41. The molecule has 3 rings (SSSR count). The van der Waals surface area contributed by atoms with E-state index in [0.717, 1.165) is 17.0 Å². The van der Waals surface area contributed by atoms with Gasteiger partial charge in [0.25, 0.3) is 5.91 Å². The molecule has 28 heavy (non-hydrogen) atoms. The molecule has 0 atom stereocenters. The highest BCUT2D eigenvalue weighted by atomic mass is 16.5. The van der Waals surface area contributed by atoms with E-state index in [2.05, 4.69) is 40.5 Å². The highest BCUT2D eigenvalue weighted by Gasteiger charge is 2.13. The number of benzene rings is 2. The highest BCUT2D eigenvalue weighted by molar-refractivity contribution is 6.03. The van der Waals surface area contributed by atoms with Crippen molar-refractivity contribution in [3.63, 3.8) is 0 Å². The van der Waals surface area contributed by atoms with Gasteiger partial charge in [0.1, 0.15) is 11.4 Å². The van der Waals surface area contributed by atoms with Gasteiger partial charge < -0.3 is 15.4 Å². The third-order valence-corrected chi connectivity index (χ3v) is 4.40. The van der Waals surface area contributed by atoms with Crippen molar-refractivity contribution in [1.29, 1.82) is 0 Å². The minimum Gasteiger partial charge on any atom is -0.497 e. The molecule has 0 aliphatic heterocycles. The first-order chi connectivity index (χ1) is 13.5. The number of hydrogen-bond acceptors (Lipinski definition) is 5. The smallest absolute Gasteiger partial charge is 0.274 e. The summed E-state index contributed by atoms with van der Waals surface area (Å²) in [5.74, 6) is 1.16. The maximum atomic E-state index is 12.6. The Bertz CT molecular complexity index is 969. The lowest BCUT2D eigenvalue weighted by Gasteiger charge is -2.16. The number of carbonyl (C=O) groups excluding carboxylic acids is 1. The fourth-order valence-electron chi connectivity index (χ4n) is 2.87. The van der Waals surface area contributed by atoms with Crippen LogP contribution in [0.1, 0.15) is 41.4 Å². The van der Waals surface area contributed by atoms with Gasteiger partial charge in [-0.1, -0.05) is 32.0 Å². The van der Waals surface area contributed by atoms with Crippen molar-refractivity contribution in [2.45, 2.75) is 26.7 Å². The van der Waals surface area contributed by atoms with Gasteiger partial charge in [0.05, 0.1) is 7.11 Å². The number of rotatable bonds is 6. The van der Waals surface area contributed by atoms with Crippen molar-refractivity contribution in [2.24, 2.45) is 0 Å². The van der Waals surface area contributed by atoms with Crippen LogP contribution in [0.4, 0.5) is 17.3 Å². The maximum Gasteiger partial charge on any atom is 0.274 e. The number of amides is 1. The molecule has 0 aliphatic carbocycles. The molecular weight excluding hydrogens is 352 g/mol. The predicted octanol–water partition coefficient (Wildman–Crippen LogP) is 4.91. The predicted molar refractivity (Wildman–Crippen MR) is 112 cm³/mol. The van der Waals surface area contributed by atoms with Gasteiger partial charge in [0.2, 0.25) is 5.95 Å². The minimum atomic E-state index is -0.301. The Morgan fingerprint density at radius 2 is 1.82 bits per heavy atom. The van der Waals surface area contributed by atoms with Crippen LogP contribution in [0.3, 0.4) is 0 Å². The van der Waals surface area contributed by atoms with E-state index in [4.69, 9.17) is 4.74 Å². The molecule has 6 heteroatoms. The summed E-state index contributed by atoms with van der Waals surface area (Å²) in [5.41, 5.74) is 4.21. The van der Waals surface area contributed by atoms with Crippen LogP contribution in [0, 0.1) is 6.92 Å². The SMILES string of the molecule is COc1ccc(NC(=O)c2ccnc(Nc3c(C)cccc3C(C)C)n2)cc1. The zero-order valence-electron chi connectivity index (χ0n) is 16.5. The van der Waals surface area contributed by atoms with Crippen molar-refractivity contribution in [3.8, 4) is 5.75 Å². The highest BCUT2D eigenvalue weighted by Crippen LogP contribution is 2.29. The monoisotopic (exact) mass is 376 g/mol. The van der Waals surface area contributed by atoms with Crippen LogP contribution in [-0.4, -0.2) is 23.0 Å². The van der Waals surface area contributed by atoms with Gasteiger partial charge in [-0.25, -0.2) is 9.97 Å². The van der Waals surface area contributed by atoms with Crippen molar-refractivity contribution >= 4 is 23.2 Å². The molecule has 0 radical (unpaired) electrons. The summed E-state index contributed by atoms with van der Waals surface area (Å²) in [6, 6.07) is 14.9. The van der Waals surface area contributed by atoms with E-state index in [9.17, 15) is 4.79 Å². The molecule has 2 N–H and O–H groups in total. The van der Waals surface area contributed by atoms with Crippen LogP contribution in [0.15, 0.2) is 54.7 Å². The number of methoxy groups -OCH3 is 1. The second kappa shape index (κ2) is 8.52. The number of carbonyl (C=O) groups is 1. The zero-order valence-corrected chi connectivity index (χ0v) is 16.5. The molecule has 0 bridgehead atoms. The van der Waals surface area contributed by atoms with Crippen LogP contribution in [-0.2, 0) is 0 Å². The maximum absolute atomic E-state index is 12.6. The largest absolute Gasteiger partial charge is 0.497 e. The standard InChI is InChI=1S/C22H24N4O2/c1-14(2)18-7-5-6-15(3)20(18)26-22-23-13-12-19(25-22)21(27)24-16-8-10-17(28-4)11-9-16/h5-14H,1-4H3,(H,24,27)(H,23,25,26). The number of ether oxygens (including phenoxy) is 1. The van der Waals surface area contributed by atoms with Gasteiger partial charge >= 0.3 is 0 Å². The molecule has 1 amide bonds. The summed E-state index contributed by atoms with van der Waals surface area (Å²) in [5, 5.41) is 6.11. The Labute approximate surface area is 165 Å². The Kier molecular flexibility index (Phi) is 5.89. The lowest BCUT2D eigenvalue weighted by Crippen LogP contribution is -2.15. The zero-order chi connectivity index (χ0) is 20.1. The van der Waals surface area contributed by atoms with E-state index in [0.29, 0.717) is 17.6 Å². The van der Waals surface area contributed by atoms with Crippen molar-refractivity contribution in [1.82, 2.24) is 9.97 Å². The number of anilines is 3. The van der Waals surface area contributed by atoms with E-state index in [1.54, 1.807) is 43.6 Å². The van der Waals surface area contributed by atoms with Crippen LogP contribution in [0.25, 0.3) is 0 Å². The third-order valence-electron chi connectivity index (χ3n) is 4.40. The van der Waals surface area contributed by atoms with E-state index in [1.165, 1.54) is 5.56 Å². The molecule has 144 valence electrons. The molecule has 0 aliphatic rings. The number of aromatic nitrogens is 2. The van der Waals surface area contributed by atoms with Crippen molar-refractivity contribution in [3.05, 3.63) is 71.5 Å². The van der Waals surface area contributed by atoms with Gasteiger partial charge in [-0.05, 0) is 54.3 Å². The summed E-state index contributed by atoms with van der Waals surface area (Å²) in [7, 11) is 1.60. The lowest BCUT2D eigenvalue weighted by atomic mass is 9.98. The number of aryl methyl sites for hydroxylation is 1. The van der Waals surface area contributed by atoms with Crippen LogP contribution in [0.2, 0.25) is 0 Å². The van der Waals surface area contributed by atoms with E-state index >= 15 is 0 Å². The molecule has 1 aromatic heterocycles. The quantitative estimate of drug-likeness (QED) is 0.639. The average molecular weight is 376 g/mol. The molecule has 1 heterocycles. The fraction of sp³-hybridized carbons (Fsp3) is 0.227. The van der Waals surface area contributed by atoms with Crippen molar-refractivity contribution in [2.75, 3.05) is 17.7 Å². The molecule has 3 aromatic rings. The molecule has 0 saturated carbocycles. The second-order valence-electron chi connectivity index (χ2n) is 6.77. The first-order valence-corrected chi connectivity index (χ1v) is 9.13. The molecule has 0 fully saturated rings. The summed E-state index contributed by atoms with van der Waals surface area (Å²) in [4.78, 5) is 21.2. The lowest BCUT2D eigenvalue weighted by molar-refractivity contribution is 0.102. The summed E-state index contributed by atoms with van der Waals surface area (Å²) in [6.07, 6.45) is 1.57. The Morgan fingerprint density at radius 3 is 2.50 bits per heavy atom. The first kappa shape index (κ1) is 19.4. The van der Waals surface area contributed by atoms with Gasteiger partial charge in [-0.15, -0.1) is 0 Å². The fourth-order valence-corrected chi connectivity index (χ4v) is 2.87. The normalized spacial score (nSPS) is 10.6. The van der Waals surface area contributed by atoms with Gasteiger partial charge in [-0.2, -0.15) is 0 Å².